The van der Waals surface area contributed by atoms with Crippen molar-refractivity contribution in [2.75, 3.05) is 6.61 Å². The third-order valence-corrected chi connectivity index (χ3v) is 4.25. The van der Waals surface area contributed by atoms with Crippen LogP contribution in [-0.4, -0.2) is 43.8 Å². The smallest absolute Gasteiger partial charge is 0.341 e. The molecule has 150 valence electrons. The molecule has 3 aromatic rings. The van der Waals surface area contributed by atoms with Gasteiger partial charge >= 0.3 is 5.97 Å². The van der Waals surface area contributed by atoms with E-state index in [1.807, 2.05) is 36.4 Å². The van der Waals surface area contributed by atoms with Crippen molar-refractivity contribution in [1.29, 1.82) is 0 Å². The Kier molecular flexibility index (Phi) is 6.51. The fourth-order valence-corrected chi connectivity index (χ4v) is 2.85. The molecule has 0 saturated heterocycles. The summed E-state index contributed by atoms with van der Waals surface area (Å²) in [6, 6.07) is 16.0. The van der Waals surface area contributed by atoms with Crippen LogP contribution < -0.4 is 10.1 Å². The maximum atomic E-state index is 12.9. The number of aromatic nitrogens is 4. The molecule has 1 unspecified atom stereocenters. The number of carbonyl (C=O) groups excluding carboxylic acids is 1. The summed E-state index contributed by atoms with van der Waals surface area (Å²) in [7, 11) is 0. The molecule has 0 saturated carbocycles. The van der Waals surface area contributed by atoms with Crippen LogP contribution in [0.2, 0.25) is 0 Å². The molecule has 0 aliphatic rings. The topological polar surface area (TPSA) is 119 Å². The van der Waals surface area contributed by atoms with Gasteiger partial charge in [-0.2, -0.15) is 0 Å². The molecule has 1 aromatic heterocycles. The van der Waals surface area contributed by atoms with Gasteiger partial charge in [-0.3, -0.25) is 4.79 Å². The molecule has 2 N–H and O–H groups in total. The van der Waals surface area contributed by atoms with Gasteiger partial charge in [0.05, 0.1) is 0 Å². The van der Waals surface area contributed by atoms with Crippen LogP contribution in [0.4, 0.5) is 0 Å². The molecule has 29 heavy (non-hydrogen) atoms. The Labute approximate surface area is 167 Å². The number of benzene rings is 2. The molecule has 0 radical (unpaired) electrons. The zero-order chi connectivity index (χ0) is 20.6. The first kappa shape index (κ1) is 20.0. The average molecular weight is 395 g/mol. The van der Waals surface area contributed by atoms with Crippen molar-refractivity contribution in [3.05, 3.63) is 71.5 Å². The van der Waals surface area contributed by atoms with Crippen molar-refractivity contribution < 1.29 is 19.4 Å². The molecule has 1 amide bonds. The third kappa shape index (κ3) is 5.61. The zero-order valence-corrected chi connectivity index (χ0v) is 15.9. The van der Waals surface area contributed by atoms with Crippen molar-refractivity contribution >= 4 is 11.9 Å². The summed E-state index contributed by atoms with van der Waals surface area (Å²) in [4.78, 5) is 23.6. The number of ether oxygens (including phenoxy) is 1. The van der Waals surface area contributed by atoms with Crippen LogP contribution in [0.25, 0.3) is 0 Å². The molecule has 3 rings (SSSR count). The number of aryl methyl sites for hydroxylation is 1. The summed E-state index contributed by atoms with van der Waals surface area (Å²) in [6.45, 7) is 1.58. The first-order valence-corrected chi connectivity index (χ1v) is 9.02. The Bertz CT molecular complexity index is 974. The van der Waals surface area contributed by atoms with Gasteiger partial charge in [-0.15, -0.1) is 5.10 Å². The number of carboxylic acids is 1. The summed E-state index contributed by atoms with van der Waals surface area (Å²) >= 11 is 0. The second-order valence-corrected chi connectivity index (χ2v) is 6.42. The molecule has 9 heteroatoms. The van der Waals surface area contributed by atoms with Gasteiger partial charge in [0.15, 0.2) is 6.61 Å². The highest BCUT2D eigenvalue weighted by atomic mass is 16.5. The van der Waals surface area contributed by atoms with Gasteiger partial charge in [-0.25, -0.2) is 9.48 Å². The third-order valence-electron chi connectivity index (χ3n) is 4.25. The second kappa shape index (κ2) is 9.45. The lowest BCUT2D eigenvalue weighted by atomic mass is 10.1. The number of tetrazole rings is 1. The van der Waals surface area contributed by atoms with Crippen LogP contribution in [0, 0.1) is 6.92 Å². The summed E-state index contributed by atoms with van der Waals surface area (Å²) in [5, 5.41) is 23.1. The predicted octanol–water partition coefficient (Wildman–Crippen LogP) is 1.55. The number of carboxylic acid groups (broad SMARTS) is 1. The highest BCUT2D eigenvalue weighted by Gasteiger charge is 2.24. The van der Waals surface area contributed by atoms with Crippen molar-refractivity contribution in [1.82, 2.24) is 25.5 Å². The summed E-state index contributed by atoms with van der Waals surface area (Å²) in [5.74, 6) is -0.299. The maximum absolute atomic E-state index is 12.9. The molecule has 2 aromatic carbocycles. The highest BCUT2D eigenvalue weighted by molar-refractivity contribution is 5.80. The minimum absolute atomic E-state index is 0.221. The van der Waals surface area contributed by atoms with Gasteiger partial charge in [-0.1, -0.05) is 42.5 Å². The van der Waals surface area contributed by atoms with Crippen molar-refractivity contribution in [2.24, 2.45) is 0 Å². The Morgan fingerprint density at radius 3 is 2.59 bits per heavy atom. The van der Waals surface area contributed by atoms with Crippen molar-refractivity contribution in [3.8, 4) is 5.75 Å². The van der Waals surface area contributed by atoms with Crippen LogP contribution in [0.5, 0.6) is 5.75 Å². The van der Waals surface area contributed by atoms with E-state index in [4.69, 9.17) is 9.84 Å². The monoisotopic (exact) mass is 395 g/mol. The normalized spacial score (nSPS) is 11.6. The average Bonchev–Trinajstić information content (AvgIpc) is 3.15. The van der Waals surface area contributed by atoms with Gasteiger partial charge in [0.25, 0.3) is 0 Å². The fourth-order valence-electron chi connectivity index (χ4n) is 2.85. The van der Waals surface area contributed by atoms with E-state index in [-0.39, 0.29) is 12.5 Å². The van der Waals surface area contributed by atoms with E-state index in [0.29, 0.717) is 18.0 Å². The summed E-state index contributed by atoms with van der Waals surface area (Å²) in [6.07, 6.45) is 0.445. The number of hydrogen-bond acceptors (Lipinski definition) is 6. The van der Waals surface area contributed by atoms with Crippen LogP contribution in [0.3, 0.4) is 0 Å². The molecular weight excluding hydrogens is 374 g/mol. The number of rotatable bonds is 9. The Morgan fingerprint density at radius 1 is 1.14 bits per heavy atom. The van der Waals surface area contributed by atoms with E-state index < -0.39 is 18.6 Å². The lowest BCUT2D eigenvalue weighted by molar-refractivity contribution is -0.139. The molecule has 1 heterocycles. The van der Waals surface area contributed by atoms with E-state index in [0.717, 1.165) is 11.1 Å². The van der Waals surface area contributed by atoms with Crippen LogP contribution in [0.15, 0.2) is 54.6 Å². The van der Waals surface area contributed by atoms with Crippen molar-refractivity contribution in [3.63, 3.8) is 0 Å². The van der Waals surface area contributed by atoms with Gasteiger partial charge in [0.2, 0.25) is 5.91 Å². The van der Waals surface area contributed by atoms with Crippen LogP contribution in [0.1, 0.15) is 23.0 Å². The lowest BCUT2D eigenvalue weighted by Gasteiger charge is -2.18. The van der Waals surface area contributed by atoms with Gasteiger partial charge < -0.3 is 15.2 Å². The quantitative estimate of drug-likeness (QED) is 0.564. The van der Waals surface area contributed by atoms with E-state index in [1.54, 1.807) is 25.1 Å². The lowest BCUT2D eigenvalue weighted by Crippen LogP contribution is -2.34. The predicted molar refractivity (Wildman–Crippen MR) is 103 cm³/mol. The number of amides is 1. The molecule has 1 atom stereocenters. The SMILES string of the molecule is Cc1nnnn1C(Cc1ccccc1)C(=O)NCc1cccc(OCC(=O)O)c1. The number of nitrogens with zero attached hydrogens (tertiary/aromatic N) is 4. The molecule has 9 nitrogen and oxygen atoms in total. The minimum atomic E-state index is -1.05. The van der Waals surface area contributed by atoms with Crippen LogP contribution in [-0.2, 0) is 22.6 Å². The van der Waals surface area contributed by atoms with Crippen LogP contribution >= 0.6 is 0 Å². The molecule has 0 fully saturated rings. The highest BCUT2D eigenvalue weighted by Crippen LogP contribution is 2.16. The van der Waals surface area contributed by atoms with E-state index in [1.165, 1.54) is 4.68 Å². The number of aliphatic carboxylic acids is 1. The van der Waals surface area contributed by atoms with E-state index in [9.17, 15) is 9.59 Å². The zero-order valence-electron chi connectivity index (χ0n) is 15.9. The second-order valence-electron chi connectivity index (χ2n) is 6.42. The fraction of sp³-hybridized carbons (Fsp3) is 0.250. The van der Waals surface area contributed by atoms with Gasteiger partial charge in [0.1, 0.15) is 17.6 Å². The first-order chi connectivity index (χ1) is 14.0. The number of nitrogens with one attached hydrogen (secondary N) is 1. The standard InChI is InChI=1S/C20H21N5O4/c1-14-22-23-24-25(14)18(11-15-6-3-2-4-7-15)20(28)21-12-16-8-5-9-17(10-16)29-13-19(26)27/h2-10,18H,11-13H2,1H3,(H,21,28)(H,26,27). The Hall–Kier alpha value is -3.75. The van der Waals surface area contributed by atoms with Gasteiger partial charge in [-0.05, 0) is 40.6 Å². The molecule has 0 aliphatic heterocycles. The van der Waals surface area contributed by atoms with Crippen molar-refractivity contribution in [2.45, 2.75) is 25.9 Å². The number of carbonyl (C=O) groups is 2. The number of hydrogen-bond donors (Lipinski definition) is 2. The first-order valence-electron chi connectivity index (χ1n) is 9.02. The van der Waals surface area contributed by atoms with Gasteiger partial charge in [0, 0.05) is 13.0 Å². The Balaban J connectivity index is 1.69. The van der Waals surface area contributed by atoms with E-state index in [2.05, 4.69) is 20.8 Å². The maximum Gasteiger partial charge on any atom is 0.341 e. The molecule has 0 spiro atoms. The minimum Gasteiger partial charge on any atom is -0.482 e. The summed E-state index contributed by atoms with van der Waals surface area (Å²) < 4.78 is 6.68. The largest absolute Gasteiger partial charge is 0.482 e. The summed E-state index contributed by atoms with van der Waals surface area (Å²) in [5.41, 5.74) is 1.78. The molecular formula is C20H21N5O4. The Morgan fingerprint density at radius 2 is 1.90 bits per heavy atom. The molecule has 0 aliphatic carbocycles. The van der Waals surface area contributed by atoms with E-state index >= 15 is 0 Å². The molecule has 0 bridgehead atoms.